The molecule has 4 heteroatoms. The third kappa shape index (κ3) is 5.98. The predicted molar refractivity (Wildman–Crippen MR) is 118 cm³/mol. The molecule has 3 rings (SSSR count). The van der Waals surface area contributed by atoms with Gasteiger partial charge in [-0.15, -0.1) is 12.4 Å². The summed E-state index contributed by atoms with van der Waals surface area (Å²) < 4.78 is 6.01. The number of hydrogen-bond acceptors (Lipinski definition) is 0. The molecule has 161 valence electrons. The molecule has 0 amide bonds. The largest absolute Gasteiger partial charge is 0.147 e. The molecule has 0 spiro atoms. The summed E-state index contributed by atoms with van der Waals surface area (Å²) in [5.41, 5.74) is 5.34. The first-order valence-corrected chi connectivity index (χ1v) is 11.6. The zero-order valence-electron chi connectivity index (χ0n) is 17.8. The van der Waals surface area contributed by atoms with Gasteiger partial charge in [-0.25, -0.2) is 0 Å². The minimum absolute atomic E-state index is 0. The molecular weight excluding hydrogens is 460 g/mol. The first-order chi connectivity index (χ1) is 13.1. The Labute approximate surface area is 189 Å². The summed E-state index contributed by atoms with van der Waals surface area (Å²) >= 11 is 3.97. The van der Waals surface area contributed by atoms with Gasteiger partial charge in [0.2, 0.25) is 0 Å². The van der Waals surface area contributed by atoms with E-state index in [9.17, 15) is 0 Å². The van der Waals surface area contributed by atoms with E-state index in [0.29, 0.717) is 6.04 Å². The van der Waals surface area contributed by atoms with E-state index in [1.165, 1.54) is 96.6 Å². The molecule has 0 radical (unpaired) electrons. The predicted octanol–water partition coefficient (Wildman–Crippen LogP) is 7.55. The van der Waals surface area contributed by atoms with Crippen LogP contribution >= 0.6 is 12.4 Å². The van der Waals surface area contributed by atoms with E-state index in [1.807, 2.05) is 0 Å². The molecule has 1 aromatic heterocycles. The molecule has 0 N–H and O–H groups in total. The molecule has 28 heavy (non-hydrogen) atoms. The molecule has 1 aromatic carbocycles. The van der Waals surface area contributed by atoms with Crippen molar-refractivity contribution in [1.82, 2.24) is 9.13 Å². The van der Waals surface area contributed by atoms with Crippen molar-refractivity contribution in [3.63, 3.8) is 0 Å². The summed E-state index contributed by atoms with van der Waals surface area (Å²) in [5.74, 6) is 0. The third-order valence-electron chi connectivity index (χ3n) is 6.09. The SMILES string of the molecule is Cc1cc(C)c(-n2ccn(C3CCCCCCCCCCC3)[c]2=[Ag])c(C)c1.Cl. The van der Waals surface area contributed by atoms with Gasteiger partial charge in [0, 0.05) is 0 Å². The van der Waals surface area contributed by atoms with Crippen LogP contribution < -0.4 is 0 Å². The maximum absolute atomic E-state index is 3.97. The van der Waals surface area contributed by atoms with Gasteiger partial charge in [-0.05, 0) is 0 Å². The number of imidazole rings is 1. The summed E-state index contributed by atoms with van der Waals surface area (Å²) in [7, 11) is 0. The second kappa shape index (κ2) is 11.6. The van der Waals surface area contributed by atoms with E-state index in [-0.39, 0.29) is 12.4 Å². The fourth-order valence-corrected chi connectivity index (χ4v) is 5.42. The van der Waals surface area contributed by atoms with E-state index >= 15 is 0 Å². The summed E-state index contributed by atoms with van der Waals surface area (Å²) in [5, 5.41) is 0. The van der Waals surface area contributed by atoms with Crippen LogP contribution in [0.2, 0.25) is 0 Å². The van der Waals surface area contributed by atoms with Crippen LogP contribution in [0.4, 0.5) is 0 Å². The second-order valence-electron chi connectivity index (χ2n) is 8.47. The molecule has 1 aliphatic carbocycles. The normalized spacial score (nSPS) is 17.5. The van der Waals surface area contributed by atoms with Gasteiger partial charge in [-0.3, -0.25) is 0 Å². The number of aryl methyl sites for hydroxylation is 3. The van der Waals surface area contributed by atoms with Crippen molar-refractivity contribution in [2.24, 2.45) is 0 Å². The number of nitrogens with zero attached hydrogens (tertiary/aromatic N) is 2. The minimum Gasteiger partial charge on any atom is -0.147 e. The molecule has 1 saturated carbocycles. The molecule has 1 fully saturated rings. The van der Waals surface area contributed by atoms with E-state index in [1.54, 1.807) is 0 Å². The van der Waals surface area contributed by atoms with Crippen molar-refractivity contribution in [3.05, 3.63) is 44.8 Å². The van der Waals surface area contributed by atoms with Crippen LogP contribution in [0.1, 0.15) is 93.4 Å². The average Bonchev–Trinajstić information content (AvgIpc) is 2.96. The molecular formula is C24H37AgClN2. The van der Waals surface area contributed by atoms with Gasteiger partial charge in [-0.2, -0.15) is 0 Å². The molecule has 0 bridgehead atoms. The molecule has 0 atom stereocenters. The van der Waals surface area contributed by atoms with Crippen molar-refractivity contribution < 1.29 is 20.6 Å². The summed E-state index contributed by atoms with van der Waals surface area (Å²) in [6, 6.07) is 5.19. The van der Waals surface area contributed by atoms with Crippen molar-refractivity contribution in [1.29, 1.82) is 0 Å². The Balaban J connectivity index is 0.00000280. The molecule has 1 aliphatic rings. The second-order valence-corrected chi connectivity index (χ2v) is 9.13. The van der Waals surface area contributed by atoms with E-state index in [4.69, 9.17) is 0 Å². The number of benzene rings is 1. The van der Waals surface area contributed by atoms with E-state index in [2.05, 4.69) is 75.0 Å². The maximum atomic E-state index is 3.97. The van der Waals surface area contributed by atoms with Crippen molar-refractivity contribution >= 4 is 12.4 Å². The van der Waals surface area contributed by atoms with Crippen LogP contribution in [0, 0.1) is 24.4 Å². The number of rotatable bonds is 2. The monoisotopic (exact) mass is 495 g/mol. The van der Waals surface area contributed by atoms with Crippen molar-refractivity contribution in [2.75, 3.05) is 0 Å². The van der Waals surface area contributed by atoms with Gasteiger partial charge in [0.25, 0.3) is 0 Å². The van der Waals surface area contributed by atoms with Crippen LogP contribution in [0.3, 0.4) is 0 Å². The first kappa shape index (κ1) is 23.7. The van der Waals surface area contributed by atoms with Crippen LogP contribution in [0.5, 0.6) is 0 Å². The topological polar surface area (TPSA) is 9.86 Å². The van der Waals surface area contributed by atoms with Gasteiger partial charge in [-0.1, -0.05) is 0 Å². The third-order valence-corrected chi connectivity index (χ3v) is 6.83. The molecule has 0 unspecified atom stereocenters. The Morgan fingerprint density at radius 3 is 1.71 bits per heavy atom. The number of hydrogen-bond donors (Lipinski definition) is 0. The Hall–Kier alpha value is -0.540. The fourth-order valence-electron chi connectivity index (χ4n) is 4.76. The smallest absolute Gasteiger partial charge is 0.147 e. The van der Waals surface area contributed by atoms with Gasteiger partial charge in [0.05, 0.1) is 0 Å². The van der Waals surface area contributed by atoms with Crippen LogP contribution in [0.15, 0.2) is 24.5 Å². The van der Waals surface area contributed by atoms with Crippen molar-refractivity contribution in [3.8, 4) is 5.69 Å². The Morgan fingerprint density at radius 2 is 1.21 bits per heavy atom. The standard InChI is InChI=1S/C24H36N2.Ag.ClH/c1-20-17-21(2)24(22(3)18-20)26-16-15-25(19-26)23-13-11-9-7-5-4-6-8-10-12-14-23;;/h15-18,23H,4-14H2,1-3H3;;1H. The van der Waals surface area contributed by atoms with E-state index < -0.39 is 0 Å². The summed E-state index contributed by atoms with van der Waals surface area (Å²) in [4.78, 5) is 0. The molecule has 0 saturated heterocycles. The van der Waals surface area contributed by atoms with E-state index in [0.717, 1.165) is 0 Å². The zero-order chi connectivity index (χ0) is 19.2. The summed E-state index contributed by atoms with van der Waals surface area (Å²) in [6.45, 7) is 6.63. The van der Waals surface area contributed by atoms with Crippen LogP contribution in [-0.2, 0) is 20.6 Å². The van der Waals surface area contributed by atoms with Crippen LogP contribution in [-0.4, -0.2) is 9.13 Å². The Bertz CT molecular complexity index is 770. The number of aromatic nitrogens is 2. The van der Waals surface area contributed by atoms with Gasteiger partial charge in [0.15, 0.2) is 0 Å². The zero-order valence-corrected chi connectivity index (χ0v) is 20.1. The van der Waals surface area contributed by atoms with Crippen molar-refractivity contribution in [2.45, 2.75) is 97.4 Å². The van der Waals surface area contributed by atoms with Gasteiger partial charge < -0.3 is 0 Å². The quantitative estimate of drug-likeness (QED) is 0.380. The minimum atomic E-state index is 0. The Morgan fingerprint density at radius 1 is 0.750 bits per heavy atom. The summed E-state index contributed by atoms with van der Waals surface area (Å²) in [6.07, 6.45) is 19.8. The first-order valence-electron chi connectivity index (χ1n) is 10.9. The average molecular weight is 497 g/mol. The maximum Gasteiger partial charge on any atom is -0.147 e. The molecule has 2 nitrogen and oxygen atoms in total. The molecule has 1 heterocycles. The van der Waals surface area contributed by atoms with Gasteiger partial charge >= 0.3 is 178 Å². The van der Waals surface area contributed by atoms with Gasteiger partial charge in [0.1, 0.15) is 0 Å². The Kier molecular flexibility index (Phi) is 9.83. The molecule has 0 aliphatic heterocycles. The number of halogens is 1. The fraction of sp³-hybridized carbons (Fsp3) is 0.625. The van der Waals surface area contributed by atoms with Crippen LogP contribution in [0.25, 0.3) is 5.69 Å². The molecule has 2 aromatic rings.